The molecule has 17 heavy (non-hydrogen) atoms. The van der Waals surface area contributed by atoms with Crippen LogP contribution >= 0.6 is 23.2 Å². The first kappa shape index (κ1) is 12.4. The summed E-state index contributed by atoms with van der Waals surface area (Å²) >= 11 is 11.8. The van der Waals surface area contributed by atoms with E-state index in [0.717, 1.165) is 11.4 Å². The van der Waals surface area contributed by atoms with Gasteiger partial charge in [-0.25, -0.2) is 4.68 Å². The van der Waals surface area contributed by atoms with Crippen LogP contribution in [-0.2, 0) is 11.3 Å². The molecule has 0 amide bonds. The summed E-state index contributed by atoms with van der Waals surface area (Å²) in [4.78, 5) is 0. The summed E-state index contributed by atoms with van der Waals surface area (Å²) < 4.78 is 6.87. The van der Waals surface area contributed by atoms with Crippen LogP contribution in [0, 0.1) is 0 Å². The van der Waals surface area contributed by atoms with Gasteiger partial charge in [0.1, 0.15) is 5.69 Å². The Morgan fingerprint density at radius 1 is 1.24 bits per heavy atom. The van der Waals surface area contributed by atoms with Gasteiger partial charge in [0, 0.05) is 16.7 Å². The van der Waals surface area contributed by atoms with E-state index in [0.29, 0.717) is 23.3 Å². The normalized spacial score (nSPS) is 10.8. The maximum absolute atomic E-state index is 5.92. The molecule has 1 aromatic heterocycles. The highest BCUT2D eigenvalue weighted by Crippen LogP contribution is 2.21. The van der Waals surface area contributed by atoms with Gasteiger partial charge in [-0.05, 0) is 25.1 Å². The summed E-state index contributed by atoms with van der Waals surface area (Å²) in [6.07, 6.45) is 1.79. The van der Waals surface area contributed by atoms with Gasteiger partial charge in [0.05, 0.1) is 18.5 Å². The maximum Gasteiger partial charge on any atom is 0.109 e. The standard InChI is InChI=1S/C11H11Cl2N3O/c1-2-17-7-10-6-16(15-14-10)11-4-8(12)3-9(13)5-11/h3-6H,2,7H2,1H3. The third-order valence-electron chi connectivity index (χ3n) is 2.11. The summed E-state index contributed by atoms with van der Waals surface area (Å²) in [5, 5.41) is 9.11. The molecule has 4 nitrogen and oxygen atoms in total. The molecule has 0 aliphatic rings. The van der Waals surface area contributed by atoms with E-state index in [1.165, 1.54) is 0 Å². The monoisotopic (exact) mass is 271 g/mol. The Bertz CT molecular complexity index is 493. The van der Waals surface area contributed by atoms with Crippen LogP contribution in [-0.4, -0.2) is 21.6 Å². The Kier molecular flexibility index (Phi) is 3.99. The van der Waals surface area contributed by atoms with Crippen molar-refractivity contribution in [3.05, 3.63) is 40.1 Å². The lowest BCUT2D eigenvalue weighted by molar-refractivity contribution is 0.131. The van der Waals surface area contributed by atoms with Crippen molar-refractivity contribution in [2.75, 3.05) is 6.61 Å². The van der Waals surface area contributed by atoms with Crippen LogP contribution in [0.15, 0.2) is 24.4 Å². The molecule has 0 aliphatic carbocycles. The molecule has 0 radical (unpaired) electrons. The molecule has 1 aromatic carbocycles. The van der Waals surface area contributed by atoms with Gasteiger partial charge in [-0.15, -0.1) is 5.10 Å². The van der Waals surface area contributed by atoms with Crippen LogP contribution in [0.25, 0.3) is 5.69 Å². The van der Waals surface area contributed by atoms with Crippen molar-refractivity contribution < 1.29 is 4.74 Å². The molecule has 0 spiro atoms. The largest absolute Gasteiger partial charge is 0.375 e. The lowest BCUT2D eigenvalue weighted by Gasteiger charge is -2.01. The van der Waals surface area contributed by atoms with Crippen LogP contribution in [0.4, 0.5) is 0 Å². The first-order chi connectivity index (χ1) is 8.19. The van der Waals surface area contributed by atoms with Gasteiger partial charge in [-0.2, -0.15) is 0 Å². The van der Waals surface area contributed by atoms with Crippen molar-refractivity contribution in [3.8, 4) is 5.69 Å². The van der Waals surface area contributed by atoms with Gasteiger partial charge in [0.25, 0.3) is 0 Å². The van der Waals surface area contributed by atoms with Crippen molar-refractivity contribution in [2.45, 2.75) is 13.5 Å². The number of rotatable bonds is 4. The molecule has 2 rings (SSSR count). The number of aromatic nitrogens is 3. The minimum absolute atomic E-state index is 0.449. The van der Waals surface area contributed by atoms with Crippen LogP contribution in [0.3, 0.4) is 0 Å². The number of nitrogens with zero attached hydrogens (tertiary/aromatic N) is 3. The van der Waals surface area contributed by atoms with E-state index in [2.05, 4.69) is 10.3 Å². The summed E-state index contributed by atoms with van der Waals surface area (Å²) in [6, 6.07) is 5.21. The van der Waals surface area contributed by atoms with Gasteiger partial charge in [-0.3, -0.25) is 0 Å². The zero-order valence-electron chi connectivity index (χ0n) is 9.23. The fourth-order valence-electron chi connectivity index (χ4n) is 1.37. The minimum Gasteiger partial charge on any atom is -0.375 e. The summed E-state index contributed by atoms with van der Waals surface area (Å²) in [5.74, 6) is 0. The van der Waals surface area contributed by atoms with E-state index in [1.807, 2.05) is 6.92 Å². The molecule has 0 saturated carbocycles. The highest BCUT2D eigenvalue weighted by atomic mass is 35.5. The number of hydrogen-bond acceptors (Lipinski definition) is 3. The number of halogens is 2. The number of ether oxygens (including phenoxy) is 1. The van der Waals surface area contributed by atoms with Crippen molar-refractivity contribution in [3.63, 3.8) is 0 Å². The Labute approximate surface area is 109 Å². The fraction of sp³-hybridized carbons (Fsp3) is 0.273. The van der Waals surface area contributed by atoms with E-state index in [9.17, 15) is 0 Å². The zero-order chi connectivity index (χ0) is 12.3. The van der Waals surface area contributed by atoms with E-state index in [1.54, 1.807) is 29.1 Å². The van der Waals surface area contributed by atoms with Crippen LogP contribution < -0.4 is 0 Å². The lowest BCUT2D eigenvalue weighted by atomic mass is 10.3. The Balaban J connectivity index is 2.24. The molecule has 6 heteroatoms. The smallest absolute Gasteiger partial charge is 0.109 e. The third-order valence-corrected chi connectivity index (χ3v) is 2.54. The Morgan fingerprint density at radius 3 is 2.59 bits per heavy atom. The number of hydrogen-bond donors (Lipinski definition) is 0. The predicted octanol–water partition coefficient (Wildman–Crippen LogP) is 3.11. The van der Waals surface area contributed by atoms with Crippen LogP contribution in [0.1, 0.15) is 12.6 Å². The molecule has 0 aliphatic heterocycles. The predicted molar refractivity (Wildman–Crippen MR) is 66.7 cm³/mol. The van der Waals surface area contributed by atoms with Gasteiger partial charge in [0.2, 0.25) is 0 Å². The molecule has 0 unspecified atom stereocenters. The third kappa shape index (κ3) is 3.19. The van der Waals surface area contributed by atoms with Crippen LogP contribution in [0.5, 0.6) is 0 Å². The van der Waals surface area contributed by atoms with Gasteiger partial charge >= 0.3 is 0 Å². The topological polar surface area (TPSA) is 39.9 Å². The molecule has 90 valence electrons. The quantitative estimate of drug-likeness (QED) is 0.858. The molecular formula is C11H11Cl2N3O. The molecule has 0 saturated heterocycles. The fourth-order valence-corrected chi connectivity index (χ4v) is 1.88. The van der Waals surface area contributed by atoms with Crippen molar-refractivity contribution in [1.29, 1.82) is 0 Å². The van der Waals surface area contributed by atoms with Crippen molar-refractivity contribution >= 4 is 23.2 Å². The SMILES string of the molecule is CCOCc1cn(-c2cc(Cl)cc(Cl)c2)nn1. The van der Waals surface area contributed by atoms with Crippen LogP contribution in [0.2, 0.25) is 10.0 Å². The van der Waals surface area contributed by atoms with E-state index in [4.69, 9.17) is 27.9 Å². The second kappa shape index (κ2) is 5.49. The molecule has 2 aromatic rings. The average Bonchev–Trinajstić information content (AvgIpc) is 2.73. The molecular weight excluding hydrogens is 261 g/mol. The molecule has 0 bridgehead atoms. The van der Waals surface area contributed by atoms with Gasteiger partial charge in [-0.1, -0.05) is 28.4 Å². The minimum atomic E-state index is 0.449. The van der Waals surface area contributed by atoms with E-state index >= 15 is 0 Å². The molecule has 0 atom stereocenters. The van der Waals surface area contributed by atoms with Gasteiger partial charge < -0.3 is 4.74 Å². The molecule has 0 N–H and O–H groups in total. The second-order valence-corrected chi connectivity index (χ2v) is 4.29. The number of benzene rings is 1. The Hall–Kier alpha value is -1.10. The second-order valence-electron chi connectivity index (χ2n) is 3.42. The highest BCUT2D eigenvalue weighted by molar-refractivity contribution is 6.34. The molecule has 1 heterocycles. The first-order valence-electron chi connectivity index (χ1n) is 5.14. The first-order valence-corrected chi connectivity index (χ1v) is 5.90. The van der Waals surface area contributed by atoms with Crippen molar-refractivity contribution in [2.24, 2.45) is 0 Å². The average molecular weight is 272 g/mol. The van der Waals surface area contributed by atoms with Gasteiger partial charge in [0.15, 0.2) is 0 Å². The highest BCUT2D eigenvalue weighted by Gasteiger charge is 2.04. The van der Waals surface area contributed by atoms with E-state index in [-0.39, 0.29) is 0 Å². The zero-order valence-corrected chi connectivity index (χ0v) is 10.7. The lowest BCUT2D eigenvalue weighted by Crippen LogP contribution is -1.94. The van der Waals surface area contributed by atoms with Crippen molar-refractivity contribution in [1.82, 2.24) is 15.0 Å². The summed E-state index contributed by atoms with van der Waals surface area (Å²) in [5.41, 5.74) is 1.54. The Morgan fingerprint density at radius 2 is 1.94 bits per heavy atom. The summed E-state index contributed by atoms with van der Waals surface area (Å²) in [7, 11) is 0. The molecule has 0 fully saturated rings. The van der Waals surface area contributed by atoms with E-state index < -0.39 is 0 Å². The maximum atomic E-state index is 5.92. The summed E-state index contributed by atoms with van der Waals surface area (Å²) in [6.45, 7) is 3.03.